The van der Waals surface area contributed by atoms with Crippen molar-refractivity contribution in [3.63, 3.8) is 0 Å². The van der Waals surface area contributed by atoms with Crippen molar-refractivity contribution < 1.29 is 19.8 Å². The first-order chi connectivity index (χ1) is 6.04. The number of piperidine rings is 1. The number of carboxylic acid groups (broad SMARTS) is 2. The van der Waals surface area contributed by atoms with Gasteiger partial charge in [-0.2, -0.15) is 0 Å². The molecule has 0 aromatic carbocycles. The summed E-state index contributed by atoms with van der Waals surface area (Å²) in [6.07, 6.45) is 2.31. The number of rotatable bonds is 0. The van der Waals surface area contributed by atoms with Crippen molar-refractivity contribution in [3.05, 3.63) is 0 Å². The maximum absolute atomic E-state index is 9.10. The molecule has 0 bridgehead atoms. The van der Waals surface area contributed by atoms with E-state index in [1.165, 1.54) is 0 Å². The molecule has 0 aromatic heterocycles. The highest BCUT2D eigenvalue weighted by molar-refractivity contribution is 6.27. The molecule has 0 unspecified atom stereocenters. The molecule has 0 radical (unpaired) electrons. The van der Waals surface area contributed by atoms with Crippen LogP contribution in [0.25, 0.3) is 0 Å². The largest absolute Gasteiger partial charge is 0.473 e. The molecule has 0 saturated carbocycles. The average molecular weight is 190 g/mol. The summed E-state index contributed by atoms with van der Waals surface area (Å²) in [6.45, 7) is 2.22. The summed E-state index contributed by atoms with van der Waals surface area (Å²) in [6, 6.07) is 0.473. The summed E-state index contributed by atoms with van der Waals surface area (Å²) in [5, 5.41) is 18.0. The fourth-order valence-corrected chi connectivity index (χ4v) is 0.844. The summed E-state index contributed by atoms with van der Waals surface area (Å²) in [5.74, 6) is -3.65. The Balaban J connectivity index is 0.000000226. The monoisotopic (exact) mass is 190 g/mol. The van der Waals surface area contributed by atoms with Crippen LogP contribution in [-0.2, 0) is 9.59 Å². The molecule has 6 nitrogen and oxygen atoms in total. The predicted molar refractivity (Wildman–Crippen MR) is 45.4 cm³/mol. The van der Waals surface area contributed by atoms with E-state index in [1.807, 2.05) is 0 Å². The Morgan fingerprint density at radius 3 is 1.69 bits per heavy atom. The van der Waals surface area contributed by atoms with Crippen molar-refractivity contribution in [3.8, 4) is 0 Å². The van der Waals surface area contributed by atoms with Crippen molar-refractivity contribution in [1.29, 1.82) is 0 Å². The minimum absolute atomic E-state index is 0.473. The molecule has 0 spiro atoms. The lowest BCUT2D eigenvalue weighted by Gasteiger charge is -2.17. The second-order valence-electron chi connectivity index (χ2n) is 2.70. The van der Waals surface area contributed by atoms with Gasteiger partial charge in [0.25, 0.3) is 0 Å². The van der Waals surface area contributed by atoms with E-state index in [2.05, 4.69) is 5.32 Å². The standard InChI is InChI=1S/C5H12N2.C2H2O4/c6-5-1-3-7-4-2-5;3-1(4)2(5)6/h5,7H,1-4,6H2;(H,3,4)(H,5,6). The molecule has 5 N–H and O–H groups in total. The lowest BCUT2D eigenvalue weighted by molar-refractivity contribution is -0.159. The van der Waals surface area contributed by atoms with Crippen molar-refractivity contribution in [2.75, 3.05) is 13.1 Å². The van der Waals surface area contributed by atoms with Gasteiger partial charge in [-0.3, -0.25) is 0 Å². The smallest absolute Gasteiger partial charge is 0.414 e. The van der Waals surface area contributed by atoms with Gasteiger partial charge in [0.15, 0.2) is 0 Å². The molecule has 0 aromatic rings. The van der Waals surface area contributed by atoms with Crippen LogP contribution in [0.2, 0.25) is 0 Å². The molecule has 0 amide bonds. The molecule has 1 heterocycles. The molecule has 1 aliphatic rings. The zero-order valence-corrected chi connectivity index (χ0v) is 7.19. The van der Waals surface area contributed by atoms with E-state index in [0.717, 1.165) is 25.9 Å². The zero-order chi connectivity index (χ0) is 10.3. The maximum atomic E-state index is 9.10. The first-order valence-corrected chi connectivity index (χ1v) is 3.96. The number of carbonyl (C=O) groups is 2. The minimum Gasteiger partial charge on any atom is -0.473 e. The van der Waals surface area contributed by atoms with Gasteiger partial charge >= 0.3 is 11.9 Å². The topological polar surface area (TPSA) is 113 Å². The lowest BCUT2D eigenvalue weighted by Crippen LogP contribution is -2.35. The Hall–Kier alpha value is -1.14. The third-order valence-electron chi connectivity index (χ3n) is 1.57. The second-order valence-corrected chi connectivity index (χ2v) is 2.70. The fourth-order valence-electron chi connectivity index (χ4n) is 0.844. The maximum Gasteiger partial charge on any atom is 0.414 e. The van der Waals surface area contributed by atoms with E-state index in [4.69, 9.17) is 25.5 Å². The molecule has 0 aliphatic carbocycles. The van der Waals surface area contributed by atoms with Crippen molar-refractivity contribution in [2.24, 2.45) is 5.73 Å². The first kappa shape index (κ1) is 11.9. The Kier molecular flexibility index (Phi) is 5.82. The normalized spacial score (nSPS) is 17.0. The summed E-state index contributed by atoms with van der Waals surface area (Å²) >= 11 is 0. The molecule has 1 fully saturated rings. The molecular formula is C7H14N2O4. The summed E-state index contributed by atoms with van der Waals surface area (Å²) in [5.41, 5.74) is 5.59. The van der Waals surface area contributed by atoms with Gasteiger partial charge in [0.05, 0.1) is 0 Å². The van der Waals surface area contributed by atoms with Gasteiger partial charge in [0, 0.05) is 6.04 Å². The number of hydrogen-bond donors (Lipinski definition) is 4. The number of nitrogens with one attached hydrogen (secondary N) is 1. The number of aliphatic carboxylic acids is 2. The van der Waals surface area contributed by atoms with Crippen LogP contribution >= 0.6 is 0 Å². The molecule has 1 saturated heterocycles. The predicted octanol–water partition coefficient (Wildman–Crippen LogP) is -1.15. The Labute approximate surface area is 75.7 Å². The van der Waals surface area contributed by atoms with Crippen molar-refractivity contribution >= 4 is 11.9 Å². The number of hydrogen-bond acceptors (Lipinski definition) is 4. The van der Waals surface area contributed by atoms with Crippen LogP contribution < -0.4 is 11.1 Å². The summed E-state index contributed by atoms with van der Waals surface area (Å²) in [7, 11) is 0. The van der Waals surface area contributed by atoms with Crippen LogP contribution in [0.4, 0.5) is 0 Å². The minimum atomic E-state index is -1.82. The third kappa shape index (κ3) is 7.23. The van der Waals surface area contributed by atoms with Crippen LogP contribution in [-0.4, -0.2) is 41.3 Å². The molecule has 6 heteroatoms. The van der Waals surface area contributed by atoms with Gasteiger partial charge < -0.3 is 21.3 Å². The Morgan fingerprint density at radius 1 is 1.15 bits per heavy atom. The van der Waals surface area contributed by atoms with E-state index in [9.17, 15) is 0 Å². The van der Waals surface area contributed by atoms with E-state index in [1.54, 1.807) is 0 Å². The van der Waals surface area contributed by atoms with E-state index >= 15 is 0 Å². The van der Waals surface area contributed by atoms with Gasteiger partial charge in [0.2, 0.25) is 0 Å². The molecule has 1 rings (SSSR count). The van der Waals surface area contributed by atoms with Crippen LogP contribution in [0.5, 0.6) is 0 Å². The van der Waals surface area contributed by atoms with Gasteiger partial charge in [-0.05, 0) is 25.9 Å². The molecule has 76 valence electrons. The SMILES string of the molecule is NC1CCNCC1.O=C(O)C(=O)O. The van der Waals surface area contributed by atoms with Crippen LogP contribution in [0.15, 0.2) is 0 Å². The number of carboxylic acids is 2. The Bertz CT molecular complexity index is 165. The molecule has 1 aliphatic heterocycles. The van der Waals surface area contributed by atoms with Gasteiger partial charge in [0.1, 0.15) is 0 Å². The van der Waals surface area contributed by atoms with Gasteiger partial charge in [-0.15, -0.1) is 0 Å². The van der Waals surface area contributed by atoms with E-state index in [0.29, 0.717) is 6.04 Å². The van der Waals surface area contributed by atoms with Crippen molar-refractivity contribution in [1.82, 2.24) is 5.32 Å². The quantitative estimate of drug-likeness (QED) is 0.359. The molecule has 13 heavy (non-hydrogen) atoms. The average Bonchev–Trinajstić information content (AvgIpc) is 2.06. The van der Waals surface area contributed by atoms with E-state index in [-0.39, 0.29) is 0 Å². The summed E-state index contributed by atoms with van der Waals surface area (Å²) in [4.78, 5) is 18.2. The first-order valence-electron chi connectivity index (χ1n) is 3.96. The third-order valence-corrected chi connectivity index (χ3v) is 1.57. The highest BCUT2D eigenvalue weighted by Crippen LogP contribution is 1.96. The van der Waals surface area contributed by atoms with Gasteiger partial charge in [-0.25, -0.2) is 9.59 Å². The molecular weight excluding hydrogens is 176 g/mol. The van der Waals surface area contributed by atoms with Crippen LogP contribution in [0.3, 0.4) is 0 Å². The van der Waals surface area contributed by atoms with Gasteiger partial charge in [-0.1, -0.05) is 0 Å². The lowest BCUT2D eigenvalue weighted by atomic mass is 10.1. The highest BCUT2D eigenvalue weighted by atomic mass is 16.4. The zero-order valence-electron chi connectivity index (χ0n) is 7.19. The van der Waals surface area contributed by atoms with Crippen LogP contribution in [0.1, 0.15) is 12.8 Å². The van der Waals surface area contributed by atoms with Crippen LogP contribution in [0, 0.1) is 0 Å². The van der Waals surface area contributed by atoms with Crippen molar-refractivity contribution in [2.45, 2.75) is 18.9 Å². The van der Waals surface area contributed by atoms with E-state index < -0.39 is 11.9 Å². The second kappa shape index (κ2) is 6.38. The molecule has 0 atom stereocenters. The Morgan fingerprint density at radius 2 is 1.54 bits per heavy atom. The fraction of sp³-hybridized carbons (Fsp3) is 0.714. The number of nitrogens with two attached hydrogens (primary N) is 1. The highest BCUT2D eigenvalue weighted by Gasteiger charge is 2.05. The summed E-state index contributed by atoms with van der Waals surface area (Å²) < 4.78 is 0.